The Morgan fingerprint density at radius 3 is 2.27 bits per heavy atom. The monoisotopic (exact) mass is 322 g/mol. The van der Waals surface area contributed by atoms with E-state index in [9.17, 15) is 18.5 Å². The maximum absolute atomic E-state index is 13.7. The van der Waals surface area contributed by atoms with Gasteiger partial charge in [0.2, 0.25) is 0 Å². The van der Waals surface area contributed by atoms with Crippen molar-refractivity contribution in [1.29, 1.82) is 0 Å². The van der Waals surface area contributed by atoms with Crippen LogP contribution in [0, 0.1) is 12.7 Å². The van der Waals surface area contributed by atoms with Gasteiger partial charge in [-0.15, -0.1) is 0 Å². The Bertz CT molecular complexity index is 750. The molecule has 0 saturated heterocycles. The first-order chi connectivity index (χ1) is 10.4. The van der Waals surface area contributed by atoms with Crippen LogP contribution in [0.1, 0.15) is 5.56 Å². The van der Waals surface area contributed by atoms with Crippen LogP contribution >= 0.6 is 0 Å². The number of phenolic OH excluding ortho intramolecular Hbond substituents is 1. The number of aryl methyl sites for hydroxylation is 1. The van der Waals surface area contributed by atoms with Gasteiger partial charge in [0.25, 0.3) is 0 Å². The number of benzene rings is 2. The number of urea groups is 1. The van der Waals surface area contributed by atoms with Crippen molar-refractivity contribution in [2.75, 3.05) is 16.9 Å². The molecule has 0 saturated carbocycles. The average Bonchev–Trinajstić information content (AvgIpc) is 2.42. The minimum Gasteiger partial charge on any atom is -0.508 e. The zero-order valence-corrected chi connectivity index (χ0v) is 12.8. The molecule has 2 amide bonds. The number of carbonyl (C=O) groups is 1. The third-order valence-electron chi connectivity index (χ3n) is 2.95. The van der Waals surface area contributed by atoms with Crippen LogP contribution in [0.4, 0.5) is 20.6 Å². The predicted molar refractivity (Wildman–Crippen MR) is 84.2 cm³/mol. The van der Waals surface area contributed by atoms with Gasteiger partial charge in [-0.2, -0.15) is 0 Å². The van der Waals surface area contributed by atoms with Gasteiger partial charge in [-0.05, 0) is 48.9 Å². The smallest absolute Gasteiger partial charge is 0.323 e. The second-order valence-corrected chi connectivity index (χ2v) is 6.03. The third kappa shape index (κ3) is 3.82. The normalized spacial score (nSPS) is 11.8. The SMILES string of the molecule is Cc1cc(NC(=O)Nc2ccc([S@@](C)=O)c(F)c2)ccc1O. The zero-order valence-electron chi connectivity index (χ0n) is 12.0. The lowest BCUT2D eigenvalue weighted by Gasteiger charge is -2.09. The topological polar surface area (TPSA) is 78.4 Å². The van der Waals surface area contributed by atoms with Crippen molar-refractivity contribution in [3.8, 4) is 5.75 Å². The van der Waals surface area contributed by atoms with Crippen molar-refractivity contribution in [1.82, 2.24) is 0 Å². The average molecular weight is 322 g/mol. The molecule has 0 heterocycles. The highest BCUT2D eigenvalue weighted by atomic mass is 32.2. The Hall–Kier alpha value is -2.41. The van der Waals surface area contributed by atoms with E-state index in [-0.39, 0.29) is 16.3 Å². The Balaban J connectivity index is 2.07. The summed E-state index contributed by atoms with van der Waals surface area (Å²) in [6.45, 7) is 1.71. The number of rotatable bonds is 3. The third-order valence-corrected chi connectivity index (χ3v) is 3.90. The molecule has 2 aromatic rings. The standard InChI is InChI=1S/C15H15FN2O3S/c1-9-7-10(3-5-13(9)19)17-15(20)18-11-4-6-14(22(2)21)12(16)8-11/h3-8,19H,1-2H3,(H2,17,18,20)/t22-/m1/s1. The van der Waals surface area contributed by atoms with E-state index >= 15 is 0 Å². The van der Waals surface area contributed by atoms with E-state index in [1.54, 1.807) is 19.1 Å². The summed E-state index contributed by atoms with van der Waals surface area (Å²) in [5.41, 5.74) is 1.37. The molecule has 3 N–H and O–H groups in total. The van der Waals surface area contributed by atoms with Crippen LogP contribution in [0.25, 0.3) is 0 Å². The maximum Gasteiger partial charge on any atom is 0.323 e. The number of aromatic hydroxyl groups is 1. The van der Waals surface area contributed by atoms with Crippen LogP contribution in [0.2, 0.25) is 0 Å². The Morgan fingerprint density at radius 2 is 1.73 bits per heavy atom. The van der Waals surface area contributed by atoms with Gasteiger partial charge < -0.3 is 15.7 Å². The highest BCUT2D eigenvalue weighted by Gasteiger charge is 2.09. The van der Waals surface area contributed by atoms with E-state index in [1.165, 1.54) is 24.5 Å². The maximum atomic E-state index is 13.7. The summed E-state index contributed by atoms with van der Waals surface area (Å²) in [4.78, 5) is 11.9. The first kappa shape index (κ1) is 16.0. The fourth-order valence-corrected chi connectivity index (χ4v) is 2.43. The molecule has 7 heteroatoms. The molecule has 0 aliphatic rings. The minimum atomic E-state index is -1.42. The Kier molecular flexibility index (Phi) is 4.77. The molecule has 0 aliphatic heterocycles. The largest absolute Gasteiger partial charge is 0.508 e. The van der Waals surface area contributed by atoms with Gasteiger partial charge in [-0.3, -0.25) is 4.21 Å². The minimum absolute atomic E-state index is 0.0834. The molecule has 116 valence electrons. The summed E-state index contributed by atoms with van der Waals surface area (Å²) in [5.74, 6) is -0.504. The molecule has 1 atom stereocenters. The summed E-state index contributed by atoms with van der Waals surface area (Å²) in [7, 11) is -1.42. The van der Waals surface area contributed by atoms with Gasteiger partial charge in [0.05, 0.1) is 15.7 Å². The van der Waals surface area contributed by atoms with Crippen molar-refractivity contribution >= 4 is 28.2 Å². The van der Waals surface area contributed by atoms with Crippen LogP contribution in [0.15, 0.2) is 41.3 Å². The molecule has 0 aromatic heterocycles. The number of amides is 2. The van der Waals surface area contributed by atoms with Crippen LogP contribution in [0.3, 0.4) is 0 Å². The van der Waals surface area contributed by atoms with E-state index < -0.39 is 22.6 Å². The van der Waals surface area contributed by atoms with Gasteiger partial charge in [0.1, 0.15) is 11.6 Å². The number of halogens is 1. The van der Waals surface area contributed by atoms with Crippen LogP contribution in [-0.4, -0.2) is 21.6 Å². The van der Waals surface area contributed by atoms with E-state index in [0.29, 0.717) is 11.3 Å². The molecule has 22 heavy (non-hydrogen) atoms. The molecule has 0 fully saturated rings. The van der Waals surface area contributed by atoms with Crippen LogP contribution in [-0.2, 0) is 10.8 Å². The first-order valence-corrected chi connectivity index (χ1v) is 7.93. The molecule has 0 bridgehead atoms. The number of hydrogen-bond acceptors (Lipinski definition) is 3. The van der Waals surface area contributed by atoms with E-state index in [2.05, 4.69) is 10.6 Å². The summed E-state index contributed by atoms with van der Waals surface area (Å²) in [5, 5.41) is 14.5. The van der Waals surface area contributed by atoms with Gasteiger partial charge in [0.15, 0.2) is 0 Å². The van der Waals surface area contributed by atoms with Crippen LogP contribution in [0.5, 0.6) is 5.75 Å². The Labute approximate surface area is 129 Å². The van der Waals surface area contributed by atoms with Crippen molar-refractivity contribution in [2.45, 2.75) is 11.8 Å². The van der Waals surface area contributed by atoms with Gasteiger partial charge in [-0.1, -0.05) is 0 Å². The number of phenols is 1. The molecular weight excluding hydrogens is 307 g/mol. The van der Waals surface area contributed by atoms with Crippen molar-refractivity contribution < 1.29 is 18.5 Å². The summed E-state index contributed by atoms with van der Waals surface area (Å²) >= 11 is 0. The fourth-order valence-electron chi connectivity index (χ4n) is 1.84. The second kappa shape index (κ2) is 6.57. The molecule has 5 nitrogen and oxygen atoms in total. The quantitative estimate of drug-likeness (QED) is 0.759. The zero-order chi connectivity index (χ0) is 16.3. The van der Waals surface area contributed by atoms with Crippen molar-refractivity contribution in [2.24, 2.45) is 0 Å². The highest BCUT2D eigenvalue weighted by molar-refractivity contribution is 7.84. The lowest BCUT2D eigenvalue weighted by molar-refractivity contribution is 0.262. The lowest BCUT2D eigenvalue weighted by Crippen LogP contribution is -2.19. The van der Waals surface area contributed by atoms with Crippen molar-refractivity contribution in [3.05, 3.63) is 47.8 Å². The molecule has 0 radical (unpaired) electrons. The van der Waals surface area contributed by atoms with E-state index in [1.807, 2.05) is 0 Å². The first-order valence-electron chi connectivity index (χ1n) is 6.37. The molecule has 0 unspecified atom stereocenters. The number of nitrogens with one attached hydrogen (secondary N) is 2. The molecule has 0 aliphatic carbocycles. The summed E-state index contributed by atoms with van der Waals surface area (Å²) < 4.78 is 24.9. The van der Waals surface area contributed by atoms with E-state index in [0.717, 1.165) is 6.07 Å². The second-order valence-electron chi connectivity index (χ2n) is 4.68. The van der Waals surface area contributed by atoms with Crippen LogP contribution < -0.4 is 10.6 Å². The predicted octanol–water partition coefficient (Wildman–Crippen LogP) is 3.22. The highest BCUT2D eigenvalue weighted by Crippen LogP contribution is 2.21. The molecule has 2 rings (SSSR count). The van der Waals surface area contributed by atoms with E-state index in [4.69, 9.17) is 0 Å². The van der Waals surface area contributed by atoms with Gasteiger partial charge in [0, 0.05) is 17.6 Å². The fraction of sp³-hybridized carbons (Fsp3) is 0.133. The molecule has 2 aromatic carbocycles. The van der Waals surface area contributed by atoms with Crippen molar-refractivity contribution in [3.63, 3.8) is 0 Å². The summed E-state index contributed by atoms with van der Waals surface area (Å²) in [6, 6.07) is 8.03. The lowest BCUT2D eigenvalue weighted by atomic mass is 10.2. The number of anilines is 2. The van der Waals surface area contributed by atoms with Gasteiger partial charge >= 0.3 is 6.03 Å². The molecule has 0 spiro atoms. The molecular formula is C15H15FN2O3S. The summed E-state index contributed by atoms with van der Waals surface area (Å²) in [6.07, 6.45) is 1.38. The van der Waals surface area contributed by atoms with Gasteiger partial charge in [-0.25, -0.2) is 9.18 Å². The number of hydrogen-bond donors (Lipinski definition) is 3. The number of carbonyl (C=O) groups excluding carboxylic acids is 1. The Morgan fingerprint density at radius 1 is 1.14 bits per heavy atom.